The summed E-state index contributed by atoms with van der Waals surface area (Å²) in [5.74, 6) is 0.656. The van der Waals surface area contributed by atoms with Crippen molar-refractivity contribution in [3.8, 4) is 0 Å². The maximum atomic E-state index is 6.80. The molecule has 2 saturated heterocycles. The zero-order valence-corrected chi connectivity index (χ0v) is 15.9. The molecule has 0 atom stereocenters. The SMILES string of the molecule is CC/C(=C(/B1OC2CCCC1CCC2)c1ccccc1)c1ccccc1. The summed E-state index contributed by atoms with van der Waals surface area (Å²) in [5, 5.41) is 0. The zero-order chi connectivity index (χ0) is 17.8. The summed E-state index contributed by atoms with van der Waals surface area (Å²) in [4.78, 5) is 0. The zero-order valence-electron chi connectivity index (χ0n) is 15.9. The monoisotopic (exact) mass is 344 g/mol. The molecule has 2 aromatic carbocycles. The van der Waals surface area contributed by atoms with Gasteiger partial charge in [-0.25, -0.2) is 0 Å². The molecule has 0 amide bonds. The molecule has 0 unspecified atom stereocenters. The van der Waals surface area contributed by atoms with Gasteiger partial charge in [-0.2, -0.15) is 0 Å². The Bertz CT molecular complexity index is 727. The van der Waals surface area contributed by atoms with Gasteiger partial charge in [0.2, 0.25) is 0 Å². The number of allylic oxidation sites excluding steroid dienone is 1. The van der Waals surface area contributed by atoms with Gasteiger partial charge in [0.25, 0.3) is 0 Å². The Morgan fingerprint density at radius 1 is 0.846 bits per heavy atom. The van der Waals surface area contributed by atoms with Crippen molar-refractivity contribution in [1.29, 1.82) is 0 Å². The van der Waals surface area contributed by atoms with E-state index in [1.165, 1.54) is 60.7 Å². The third kappa shape index (κ3) is 3.66. The van der Waals surface area contributed by atoms with Gasteiger partial charge in [0, 0.05) is 6.10 Å². The fraction of sp³-hybridized carbons (Fsp3) is 0.417. The lowest BCUT2D eigenvalue weighted by Crippen LogP contribution is -2.28. The molecule has 1 nitrogen and oxygen atoms in total. The van der Waals surface area contributed by atoms with Gasteiger partial charge in [0.1, 0.15) is 0 Å². The van der Waals surface area contributed by atoms with E-state index in [1.807, 2.05) is 0 Å². The van der Waals surface area contributed by atoms with Crippen molar-refractivity contribution in [3.05, 3.63) is 71.8 Å². The summed E-state index contributed by atoms with van der Waals surface area (Å²) in [5.41, 5.74) is 5.58. The summed E-state index contributed by atoms with van der Waals surface area (Å²) in [6.45, 7) is 2.52. The van der Waals surface area contributed by atoms with Crippen LogP contribution in [0.25, 0.3) is 11.0 Å². The molecule has 134 valence electrons. The maximum absolute atomic E-state index is 6.80. The summed E-state index contributed by atoms with van der Waals surface area (Å²) in [7, 11) is 0. The lowest BCUT2D eigenvalue weighted by Gasteiger charge is -2.26. The molecule has 2 aromatic rings. The normalized spacial score (nSPS) is 24.0. The first-order valence-corrected chi connectivity index (χ1v) is 10.4. The van der Waals surface area contributed by atoms with Crippen molar-refractivity contribution in [2.24, 2.45) is 0 Å². The van der Waals surface area contributed by atoms with Crippen LogP contribution in [0.3, 0.4) is 0 Å². The number of rotatable bonds is 4. The maximum Gasteiger partial charge on any atom is 0.331 e. The van der Waals surface area contributed by atoms with Crippen molar-refractivity contribution in [2.75, 3.05) is 0 Å². The molecule has 2 aliphatic heterocycles. The summed E-state index contributed by atoms with van der Waals surface area (Å²) < 4.78 is 6.80. The van der Waals surface area contributed by atoms with Crippen molar-refractivity contribution in [3.63, 3.8) is 0 Å². The van der Waals surface area contributed by atoms with E-state index in [0.29, 0.717) is 11.9 Å². The smallest absolute Gasteiger partial charge is 0.331 e. The standard InChI is InChI=1S/C24H29BO/c1-2-23(19-11-5-3-6-12-19)24(20-13-7-4-8-14-20)25-21-15-9-17-22(26-25)18-10-16-21/h3-8,11-14,21-22H,2,9-10,15-18H2,1H3/b24-23-. The van der Waals surface area contributed by atoms with Gasteiger partial charge in [0.05, 0.1) is 0 Å². The minimum Gasteiger partial charge on any atom is -0.428 e. The van der Waals surface area contributed by atoms with Gasteiger partial charge in [-0.3, -0.25) is 0 Å². The van der Waals surface area contributed by atoms with Crippen molar-refractivity contribution >= 4 is 18.0 Å². The summed E-state index contributed by atoms with van der Waals surface area (Å²) >= 11 is 0. The second kappa shape index (κ2) is 8.27. The lowest BCUT2D eigenvalue weighted by atomic mass is 9.46. The molecule has 2 aliphatic rings. The van der Waals surface area contributed by atoms with E-state index in [9.17, 15) is 0 Å². The molecule has 0 spiro atoms. The molecule has 2 fully saturated rings. The van der Waals surface area contributed by atoms with Crippen LogP contribution in [-0.4, -0.2) is 13.0 Å². The largest absolute Gasteiger partial charge is 0.428 e. The van der Waals surface area contributed by atoms with E-state index in [2.05, 4.69) is 67.6 Å². The highest BCUT2D eigenvalue weighted by Gasteiger charge is 2.39. The summed E-state index contributed by atoms with van der Waals surface area (Å²) in [6, 6.07) is 21.9. The van der Waals surface area contributed by atoms with Gasteiger partial charge >= 0.3 is 6.92 Å². The van der Waals surface area contributed by atoms with Gasteiger partial charge in [-0.15, -0.1) is 0 Å². The average molecular weight is 344 g/mol. The predicted molar refractivity (Wildman–Crippen MR) is 112 cm³/mol. The highest BCUT2D eigenvalue weighted by Crippen LogP contribution is 2.43. The van der Waals surface area contributed by atoms with Gasteiger partial charge in [0.15, 0.2) is 0 Å². The fourth-order valence-electron chi connectivity index (χ4n) is 4.88. The van der Waals surface area contributed by atoms with Gasteiger partial charge < -0.3 is 4.65 Å². The van der Waals surface area contributed by atoms with E-state index in [4.69, 9.17) is 4.65 Å². The van der Waals surface area contributed by atoms with E-state index in [-0.39, 0.29) is 6.92 Å². The number of benzene rings is 2. The van der Waals surface area contributed by atoms with Crippen LogP contribution in [0.15, 0.2) is 60.7 Å². The molecule has 0 saturated carbocycles. The van der Waals surface area contributed by atoms with Gasteiger partial charge in [-0.1, -0.05) is 93.3 Å². The van der Waals surface area contributed by atoms with Gasteiger partial charge in [-0.05, 0) is 47.3 Å². The van der Waals surface area contributed by atoms with E-state index in [0.717, 1.165) is 6.42 Å². The molecule has 26 heavy (non-hydrogen) atoms. The van der Waals surface area contributed by atoms with Crippen LogP contribution in [-0.2, 0) is 4.65 Å². The third-order valence-corrected chi connectivity index (χ3v) is 6.14. The Kier molecular flexibility index (Phi) is 5.60. The molecule has 0 radical (unpaired) electrons. The minimum atomic E-state index is 0.238. The Labute approximate surface area is 158 Å². The van der Waals surface area contributed by atoms with Crippen LogP contribution in [0.2, 0.25) is 5.82 Å². The molecule has 2 heteroatoms. The topological polar surface area (TPSA) is 9.23 Å². The van der Waals surface area contributed by atoms with Crippen LogP contribution in [0.4, 0.5) is 0 Å². The predicted octanol–water partition coefficient (Wildman–Crippen LogP) is 6.66. The van der Waals surface area contributed by atoms with Crippen LogP contribution < -0.4 is 0 Å². The Hall–Kier alpha value is -1.80. The Morgan fingerprint density at radius 3 is 2.00 bits per heavy atom. The molecule has 4 rings (SSSR count). The minimum absolute atomic E-state index is 0.238. The first-order valence-electron chi connectivity index (χ1n) is 10.4. The van der Waals surface area contributed by atoms with E-state index in [1.54, 1.807) is 0 Å². The van der Waals surface area contributed by atoms with E-state index < -0.39 is 0 Å². The third-order valence-electron chi connectivity index (χ3n) is 6.14. The fourth-order valence-corrected chi connectivity index (χ4v) is 4.88. The van der Waals surface area contributed by atoms with Crippen molar-refractivity contribution < 1.29 is 4.65 Å². The van der Waals surface area contributed by atoms with Crippen molar-refractivity contribution in [2.45, 2.75) is 63.8 Å². The average Bonchev–Trinajstić information content (AvgIpc) is 3.00. The van der Waals surface area contributed by atoms with Crippen molar-refractivity contribution in [1.82, 2.24) is 0 Å². The lowest BCUT2D eigenvalue weighted by molar-refractivity contribution is 0.191. The molecule has 2 bridgehead atoms. The quantitative estimate of drug-likeness (QED) is 0.445. The molecule has 2 heterocycles. The first-order chi connectivity index (χ1) is 12.9. The van der Waals surface area contributed by atoms with Crippen LogP contribution in [0.5, 0.6) is 0 Å². The second-order valence-electron chi connectivity index (χ2n) is 7.78. The number of hydrogen-bond donors (Lipinski definition) is 0. The Balaban J connectivity index is 1.87. The van der Waals surface area contributed by atoms with Crippen LogP contribution >= 0.6 is 0 Å². The highest BCUT2D eigenvalue weighted by atomic mass is 16.4. The first kappa shape index (κ1) is 17.6. The molecule has 0 N–H and O–H groups in total. The summed E-state index contributed by atoms with van der Waals surface area (Å²) in [6.07, 6.45) is 9.21. The molecular weight excluding hydrogens is 315 g/mol. The molecule has 0 aliphatic carbocycles. The molecular formula is C24H29BO. The van der Waals surface area contributed by atoms with E-state index >= 15 is 0 Å². The second-order valence-corrected chi connectivity index (χ2v) is 7.78. The Morgan fingerprint density at radius 2 is 1.42 bits per heavy atom. The number of fused-ring (bicyclic) bond motifs is 3. The number of hydrogen-bond acceptors (Lipinski definition) is 1. The van der Waals surface area contributed by atoms with Crippen LogP contribution in [0.1, 0.15) is 63.0 Å². The van der Waals surface area contributed by atoms with Crippen LogP contribution in [0, 0.1) is 0 Å². The molecule has 0 aromatic heterocycles. The highest BCUT2D eigenvalue weighted by molar-refractivity contribution is 6.77.